The first kappa shape index (κ1) is 12.2. The number of nitrogens with one attached hydrogen (secondary N) is 1. The predicted octanol–water partition coefficient (Wildman–Crippen LogP) is 2.60. The lowest BCUT2D eigenvalue weighted by Crippen LogP contribution is -2.43. The Kier molecular flexibility index (Phi) is 3.40. The molecule has 0 saturated heterocycles. The van der Waals surface area contributed by atoms with E-state index in [2.05, 4.69) is 36.5 Å². The van der Waals surface area contributed by atoms with Gasteiger partial charge in [-0.05, 0) is 50.0 Å². The lowest BCUT2D eigenvalue weighted by Gasteiger charge is -2.37. The first-order chi connectivity index (χ1) is 8.72. The molecule has 2 nitrogen and oxygen atoms in total. The van der Waals surface area contributed by atoms with Crippen LogP contribution in [-0.2, 0) is 0 Å². The fraction of sp³-hybridized carbons (Fsp3) is 0.625. The average Bonchev–Trinajstić information content (AvgIpc) is 3.10. The predicted molar refractivity (Wildman–Crippen MR) is 73.7 cm³/mol. The summed E-state index contributed by atoms with van der Waals surface area (Å²) in [7, 11) is 0. The summed E-state index contributed by atoms with van der Waals surface area (Å²) in [4.78, 5) is 0. The Morgan fingerprint density at radius 3 is 2.78 bits per heavy atom. The molecule has 1 unspecified atom stereocenters. The molecular formula is C16H23NO. The van der Waals surface area contributed by atoms with Crippen molar-refractivity contribution in [1.29, 1.82) is 0 Å². The van der Waals surface area contributed by atoms with Crippen molar-refractivity contribution in [3.8, 4) is 0 Å². The normalized spacial score (nSPS) is 28.8. The Morgan fingerprint density at radius 1 is 1.33 bits per heavy atom. The van der Waals surface area contributed by atoms with Gasteiger partial charge in [0.25, 0.3) is 0 Å². The maximum atomic E-state index is 9.81. The second-order valence-electron chi connectivity index (χ2n) is 6.09. The fourth-order valence-corrected chi connectivity index (χ4v) is 2.92. The molecule has 0 radical (unpaired) electrons. The van der Waals surface area contributed by atoms with E-state index in [1.54, 1.807) is 0 Å². The largest absolute Gasteiger partial charge is 0.392 e. The standard InChI is InChI=1S/C16H23NO/c1-11-3-2-4-13(7-11)14-8-15(9-14)17-10-16(18)12-5-6-12/h2-4,7,12,14-18H,5-6,8-10H2,1H3. The van der Waals surface area contributed by atoms with Crippen LogP contribution in [0.25, 0.3) is 0 Å². The molecule has 0 aliphatic heterocycles. The van der Waals surface area contributed by atoms with Gasteiger partial charge in [-0.25, -0.2) is 0 Å². The summed E-state index contributed by atoms with van der Waals surface area (Å²) in [5.74, 6) is 1.31. The van der Waals surface area contributed by atoms with Crippen molar-refractivity contribution in [2.24, 2.45) is 5.92 Å². The number of aliphatic hydroxyl groups is 1. The average molecular weight is 245 g/mol. The lowest BCUT2D eigenvalue weighted by molar-refractivity contribution is 0.135. The number of rotatable bonds is 5. The van der Waals surface area contributed by atoms with Crippen LogP contribution in [0.5, 0.6) is 0 Å². The molecular weight excluding hydrogens is 222 g/mol. The van der Waals surface area contributed by atoms with Gasteiger partial charge in [-0.3, -0.25) is 0 Å². The Labute approximate surface area is 109 Å². The highest BCUT2D eigenvalue weighted by Crippen LogP contribution is 2.37. The number of hydrogen-bond acceptors (Lipinski definition) is 2. The monoisotopic (exact) mass is 245 g/mol. The van der Waals surface area contributed by atoms with Crippen molar-refractivity contribution in [3.05, 3.63) is 35.4 Å². The van der Waals surface area contributed by atoms with Gasteiger partial charge in [0.15, 0.2) is 0 Å². The van der Waals surface area contributed by atoms with Crippen LogP contribution < -0.4 is 5.32 Å². The quantitative estimate of drug-likeness (QED) is 0.835. The van der Waals surface area contributed by atoms with E-state index in [0.29, 0.717) is 12.0 Å². The van der Waals surface area contributed by atoms with Gasteiger partial charge < -0.3 is 10.4 Å². The molecule has 0 heterocycles. The van der Waals surface area contributed by atoms with Crippen molar-refractivity contribution in [1.82, 2.24) is 5.32 Å². The van der Waals surface area contributed by atoms with Gasteiger partial charge in [-0.1, -0.05) is 29.8 Å². The summed E-state index contributed by atoms with van der Waals surface area (Å²) in [6.45, 7) is 2.94. The smallest absolute Gasteiger partial charge is 0.0692 e. The molecule has 3 rings (SSSR count). The summed E-state index contributed by atoms with van der Waals surface area (Å²) in [6, 6.07) is 9.47. The van der Waals surface area contributed by atoms with Gasteiger partial charge >= 0.3 is 0 Å². The summed E-state index contributed by atoms with van der Waals surface area (Å²) in [5, 5.41) is 13.3. The highest BCUT2D eigenvalue weighted by Gasteiger charge is 2.33. The second kappa shape index (κ2) is 5.02. The van der Waals surface area contributed by atoms with Gasteiger partial charge in [0.2, 0.25) is 0 Å². The molecule has 2 saturated carbocycles. The molecule has 2 N–H and O–H groups in total. The van der Waals surface area contributed by atoms with Crippen LogP contribution in [0.15, 0.2) is 24.3 Å². The summed E-state index contributed by atoms with van der Waals surface area (Å²) >= 11 is 0. The second-order valence-corrected chi connectivity index (χ2v) is 6.09. The van der Waals surface area contributed by atoms with Crippen LogP contribution >= 0.6 is 0 Å². The number of aryl methyl sites for hydroxylation is 1. The van der Waals surface area contributed by atoms with Crippen LogP contribution in [0.2, 0.25) is 0 Å². The Bertz CT molecular complexity index is 407. The molecule has 98 valence electrons. The molecule has 1 aromatic carbocycles. The van der Waals surface area contributed by atoms with Gasteiger partial charge in [0, 0.05) is 12.6 Å². The molecule has 1 atom stereocenters. The van der Waals surface area contributed by atoms with Crippen molar-refractivity contribution in [3.63, 3.8) is 0 Å². The zero-order valence-corrected chi connectivity index (χ0v) is 11.1. The molecule has 2 heteroatoms. The third-order valence-electron chi connectivity index (χ3n) is 4.43. The van der Waals surface area contributed by atoms with E-state index in [-0.39, 0.29) is 6.10 Å². The van der Waals surface area contributed by atoms with Crippen LogP contribution in [0.4, 0.5) is 0 Å². The fourth-order valence-electron chi connectivity index (χ4n) is 2.92. The summed E-state index contributed by atoms with van der Waals surface area (Å²) in [6.07, 6.45) is 4.78. The third-order valence-corrected chi connectivity index (χ3v) is 4.43. The molecule has 2 aliphatic carbocycles. The Balaban J connectivity index is 1.42. The van der Waals surface area contributed by atoms with Crippen LogP contribution in [0, 0.1) is 12.8 Å². The zero-order valence-electron chi connectivity index (χ0n) is 11.1. The number of aliphatic hydroxyl groups excluding tert-OH is 1. The summed E-state index contributed by atoms with van der Waals surface area (Å²) < 4.78 is 0. The molecule has 0 aromatic heterocycles. The topological polar surface area (TPSA) is 32.3 Å². The van der Waals surface area contributed by atoms with E-state index in [4.69, 9.17) is 0 Å². The van der Waals surface area contributed by atoms with Gasteiger partial charge in [-0.15, -0.1) is 0 Å². The van der Waals surface area contributed by atoms with E-state index < -0.39 is 0 Å². The van der Waals surface area contributed by atoms with Gasteiger partial charge in [0.1, 0.15) is 0 Å². The Morgan fingerprint density at radius 2 is 2.11 bits per heavy atom. The minimum atomic E-state index is -0.108. The molecule has 0 spiro atoms. The number of hydrogen-bond donors (Lipinski definition) is 2. The Hall–Kier alpha value is -0.860. The maximum Gasteiger partial charge on any atom is 0.0692 e. The molecule has 0 amide bonds. The zero-order chi connectivity index (χ0) is 12.5. The third kappa shape index (κ3) is 2.76. The minimum Gasteiger partial charge on any atom is -0.392 e. The maximum absolute atomic E-state index is 9.81. The number of benzene rings is 1. The van der Waals surface area contributed by atoms with Crippen molar-refractivity contribution < 1.29 is 5.11 Å². The first-order valence-electron chi connectivity index (χ1n) is 7.20. The van der Waals surface area contributed by atoms with E-state index >= 15 is 0 Å². The highest BCUT2D eigenvalue weighted by atomic mass is 16.3. The molecule has 2 aliphatic rings. The van der Waals surface area contributed by atoms with Crippen LogP contribution in [0.1, 0.15) is 42.7 Å². The van der Waals surface area contributed by atoms with Gasteiger partial charge in [-0.2, -0.15) is 0 Å². The van der Waals surface area contributed by atoms with Crippen molar-refractivity contribution in [2.45, 2.75) is 50.7 Å². The molecule has 1 aromatic rings. The van der Waals surface area contributed by atoms with Crippen molar-refractivity contribution in [2.75, 3.05) is 6.54 Å². The van der Waals surface area contributed by atoms with Crippen LogP contribution in [-0.4, -0.2) is 23.8 Å². The van der Waals surface area contributed by atoms with E-state index in [1.165, 1.54) is 36.8 Å². The minimum absolute atomic E-state index is 0.108. The van der Waals surface area contributed by atoms with Crippen molar-refractivity contribution >= 4 is 0 Å². The highest BCUT2D eigenvalue weighted by molar-refractivity contribution is 5.27. The van der Waals surface area contributed by atoms with Gasteiger partial charge in [0.05, 0.1) is 6.10 Å². The van der Waals surface area contributed by atoms with E-state index in [1.807, 2.05) is 0 Å². The summed E-state index contributed by atoms with van der Waals surface area (Å²) in [5.41, 5.74) is 2.84. The van der Waals surface area contributed by atoms with Crippen LogP contribution in [0.3, 0.4) is 0 Å². The van der Waals surface area contributed by atoms with E-state index in [9.17, 15) is 5.11 Å². The lowest BCUT2D eigenvalue weighted by atomic mass is 9.75. The van der Waals surface area contributed by atoms with E-state index in [0.717, 1.165) is 12.5 Å². The molecule has 2 fully saturated rings. The molecule has 18 heavy (non-hydrogen) atoms. The SMILES string of the molecule is Cc1cccc(C2CC(NCC(O)C3CC3)C2)c1. The molecule has 0 bridgehead atoms. The first-order valence-corrected chi connectivity index (χ1v) is 7.20.